The van der Waals surface area contributed by atoms with Crippen LogP contribution in [-0.4, -0.2) is 9.97 Å². The first-order valence-electron chi connectivity index (χ1n) is 5.54. The maximum Gasteiger partial charge on any atom is 0.144 e. The lowest BCUT2D eigenvalue weighted by Gasteiger charge is -2.07. The Morgan fingerprint density at radius 1 is 1.12 bits per heavy atom. The second-order valence-electron chi connectivity index (χ2n) is 3.85. The number of aromatic nitrogens is 2. The molecule has 0 amide bonds. The van der Waals surface area contributed by atoms with Crippen molar-refractivity contribution >= 4 is 11.6 Å². The van der Waals surface area contributed by atoms with Gasteiger partial charge >= 0.3 is 0 Å². The van der Waals surface area contributed by atoms with E-state index in [9.17, 15) is 0 Å². The molecule has 1 aromatic carbocycles. The topological polar surface area (TPSA) is 51.8 Å². The van der Waals surface area contributed by atoms with Crippen LogP contribution < -0.4 is 5.73 Å². The van der Waals surface area contributed by atoms with Gasteiger partial charge in [0.15, 0.2) is 0 Å². The molecule has 0 aliphatic carbocycles. The minimum Gasteiger partial charge on any atom is -0.321 e. The molecule has 0 fully saturated rings. The molecule has 1 heterocycles. The van der Waals surface area contributed by atoms with E-state index in [1.807, 2.05) is 31.2 Å². The molecule has 0 spiro atoms. The van der Waals surface area contributed by atoms with E-state index < -0.39 is 0 Å². The second kappa shape index (κ2) is 5.25. The zero-order valence-electron chi connectivity index (χ0n) is 9.60. The molecule has 3 nitrogen and oxygen atoms in total. The van der Waals surface area contributed by atoms with E-state index in [2.05, 4.69) is 9.97 Å². The molecule has 2 aromatic rings. The van der Waals surface area contributed by atoms with Gasteiger partial charge < -0.3 is 5.73 Å². The molecule has 0 saturated carbocycles. The molecule has 0 aliphatic rings. The van der Waals surface area contributed by atoms with E-state index in [-0.39, 0.29) is 6.04 Å². The van der Waals surface area contributed by atoms with Crippen molar-refractivity contribution in [2.75, 3.05) is 0 Å². The van der Waals surface area contributed by atoms with Gasteiger partial charge in [-0.3, -0.25) is 0 Å². The highest BCUT2D eigenvalue weighted by Crippen LogP contribution is 2.20. The van der Waals surface area contributed by atoms with Crippen molar-refractivity contribution in [3.8, 4) is 11.1 Å². The number of nitrogens with zero attached hydrogens (tertiary/aromatic N) is 2. The summed E-state index contributed by atoms with van der Waals surface area (Å²) in [6.07, 6.45) is 4.42. The fourth-order valence-corrected chi connectivity index (χ4v) is 1.63. The molecule has 2 rings (SSSR count). The van der Waals surface area contributed by atoms with E-state index in [0.717, 1.165) is 22.6 Å². The standard InChI is InChI=1S/C13H14ClN3/c1-2-12(15)13-16-7-10(8-17-13)9-3-5-11(14)6-4-9/h3-8,12H,2,15H2,1H3. The molecular formula is C13H14ClN3. The smallest absolute Gasteiger partial charge is 0.144 e. The fourth-order valence-electron chi connectivity index (χ4n) is 1.50. The number of halogens is 1. The van der Waals surface area contributed by atoms with Crippen LogP contribution in [-0.2, 0) is 0 Å². The van der Waals surface area contributed by atoms with Crippen LogP contribution in [0.25, 0.3) is 11.1 Å². The number of rotatable bonds is 3. The Balaban J connectivity index is 2.26. The van der Waals surface area contributed by atoms with Crippen molar-refractivity contribution in [3.63, 3.8) is 0 Å². The Morgan fingerprint density at radius 3 is 2.24 bits per heavy atom. The Bertz CT molecular complexity index is 479. The summed E-state index contributed by atoms with van der Waals surface area (Å²) in [4.78, 5) is 8.56. The predicted octanol–water partition coefficient (Wildman–Crippen LogP) is 3.21. The minimum absolute atomic E-state index is 0.0886. The SMILES string of the molecule is CCC(N)c1ncc(-c2ccc(Cl)cc2)cn1. The van der Waals surface area contributed by atoms with Crippen LogP contribution in [0, 0.1) is 0 Å². The molecule has 1 unspecified atom stereocenters. The molecule has 0 radical (unpaired) electrons. The Hall–Kier alpha value is -1.45. The number of benzene rings is 1. The van der Waals surface area contributed by atoms with Crippen molar-refractivity contribution in [1.82, 2.24) is 9.97 Å². The van der Waals surface area contributed by atoms with Crippen LogP contribution in [0.5, 0.6) is 0 Å². The average molecular weight is 248 g/mol. The Kier molecular flexibility index (Phi) is 3.71. The highest BCUT2D eigenvalue weighted by molar-refractivity contribution is 6.30. The molecule has 0 aliphatic heterocycles. The van der Waals surface area contributed by atoms with Crippen LogP contribution in [0.1, 0.15) is 25.2 Å². The summed E-state index contributed by atoms with van der Waals surface area (Å²) >= 11 is 5.84. The lowest BCUT2D eigenvalue weighted by Crippen LogP contribution is -2.12. The number of hydrogen-bond acceptors (Lipinski definition) is 3. The monoisotopic (exact) mass is 247 g/mol. The van der Waals surface area contributed by atoms with E-state index in [0.29, 0.717) is 5.82 Å². The Morgan fingerprint density at radius 2 is 1.71 bits per heavy atom. The molecule has 88 valence electrons. The van der Waals surface area contributed by atoms with Crippen molar-refractivity contribution in [2.45, 2.75) is 19.4 Å². The van der Waals surface area contributed by atoms with Crippen LogP contribution >= 0.6 is 11.6 Å². The van der Waals surface area contributed by atoms with Gasteiger partial charge in [-0.1, -0.05) is 30.7 Å². The van der Waals surface area contributed by atoms with Crippen LogP contribution in [0.2, 0.25) is 5.02 Å². The second-order valence-corrected chi connectivity index (χ2v) is 4.29. The van der Waals surface area contributed by atoms with Gasteiger partial charge in [0.1, 0.15) is 5.82 Å². The first-order valence-corrected chi connectivity index (χ1v) is 5.92. The third kappa shape index (κ3) is 2.81. The average Bonchev–Trinajstić information content (AvgIpc) is 2.39. The van der Waals surface area contributed by atoms with Crippen molar-refractivity contribution in [3.05, 3.63) is 47.5 Å². The Labute approximate surface area is 106 Å². The lowest BCUT2D eigenvalue weighted by molar-refractivity contribution is 0.649. The summed E-state index contributed by atoms with van der Waals surface area (Å²) in [5.74, 6) is 0.685. The van der Waals surface area contributed by atoms with Crippen molar-refractivity contribution < 1.29 is 0 Å². The molecular weight excluding hydrogens is 234 g/mol. The lowest BCUT2D eigenvalue weighted by atomic mass is 10.1. The summed E-state index contributed by atoms with van der Waals surface area (Å²) in [6.45, 7) is 2.02. The van der Waals surface area contributed by atoms with E-state index in [4.69, 9.17) is 17.3 Å². The quantitative estimate of drug-likeness (QED) is 0.906. The molecule has 1 aromatic heterocycles. The van der Waals surface area contributed by atoms with Gasteiger partial charge in [0, 0.05) is 23.0 Å². The van der Waals surface area contributed by atoms with Gasteiger partial charge in [0.2, 0.25) is 0 Å². The van der Waals surface area contributed by atoms with Gasteiger partial charge in [0.05, 0.1) is 6.04 Å². The van der Waals surface area contributed by atoms with Crippen molar-refractivity contribution in [1.29, 1.82) is 0 Å². The molecule has 0 saturated heterocycles. The first-order chi connectivity index (χ1) is 8.20. The molecule has 4 heteroatoms. The van der Waals surface area contributed by atoms with E-state index in [1.165, 1.54) is 0 Å². The van der Waals surface area contributed by atoms with Crippen molar-refractivity contribution in [2.24, 2.45) is 5.73 Å². The third-order valence-electron chi connectivity index (χ3n) is 2.62. The maximum absolute atomic E-state index is 5.86. The highest BCUT2D eigenvalue weighted by atomic mass is 35.5. The summed E-state index contributed by atoms with van der Waals surface area (Å²) in [5.41, 5.74) is 7.87. The van der Waals surface area contributed by atoms with Crippen LogP contribution in [0.15, 0.2) is 36.7 Å². The zero-order valence-corrected chi connectivity index (χ0v) is 10.4. The van der Waals surface area contributed by atoms with Gasteiger partial charge in [-0.25, -0.2) is 9.97 Å². The summed E-state index contributed by atoms with van der Waals surface area (Å²) in [5, 5.41) is 0.722. The summed E-state index contributed by atoms with van der Waals surface area (Å²) < 4.78 is 0. The highest BCUT2D eigenvalue weighted by Gasteiger charge is 2.06. The van der Waals surface area contributed by atoms with Gasteiger partial charge in [-0.2, -0.15) is 0 Å². The van der Waals surface area contributed by atoms with E-state index in [1.54, 1.807) is 12.4 Å². The van der Waals surface area contributed by atoms with Crippen LogP contribution in [0.4, 0.5) is 0 Å². The molecule has 2 N–H and O–H groups in total. The maximum atomic E-state index is 5.86. The zero-order chi connectivity index (χ0) is 12.3. The number of nitrogens with two attached hydrogens (primary N) is 1. The summed E-state index contributed by atoms with van der Waals surface area (Å²) in [6, 6.07) is 7.50. The van der Waals surface area contributed by atoms with E-state index >= 15 is 0 Å². The largest absolute Gasteiger partial charge is 0.321 e. The first kappa shape index (κ1) is 12.0. The van der Waals surface area contributed by atoms with Gasteiger partial charge in [-0.05, 0) is 24.1 Å². The van der Waals surface area contributed by atoms with Gasteiger partial charge in [-0.15, -0.1) is 0 Å². The normalized spacial score (nSPS) is 12.4. The van der Waals surface area contributed by atoms with Crippen LogP contribution in [0.3, 0.4) is 0 Å². The molecule has 17 heavy (non-hydrogen) atoms. The summed E-state index contributed by atoms with van der Waals surface area (Å²) in [7, 11) is 0. The third-order valence-corrected chi connectivity index (χ3v) is 2.87. The molecule has 0 bridgehead atoms. The van der Waals surface area contributed by atoms with Gasteiger partial charge in [0.25, 0.3) is 0 Å². The minimum atomic E-state index is -0.0886. The fraction of sp³-hybridized carbons (Fsp3) is 0.231. The number of hydrogen-bond donors (Lipinski definition) is 1. The predicted molar refractivity (Wildman–Crippen MR) is 69.7 cm³/mol. The molecule has 1 atom stereocenters.